The molecule has 8 amide bonds. The number of aryl methyl sites for hydroxylation is 1. The highest BCUT2D eigenvalue weighted by atomic mass is 16.6. The number of carbonyl (C=O) groups is 11. The molecule has 0 radical (unpaired) electrons. The maximum Gasteiger partial charge on any atom is 0.407 e. The average molecular weight is 1290 g/mol. The van der Waals surface area contributed by atoms with E-state index in [4.69, 9.17) is 23.7 Å². The Morgan fingerprint density at radius 3 is 2.12 bits per heavy atom. The molecular weight excluding hydrogens is 1200 g/mol. The summed E-state index contributed by atoms with van der Waals surface area (Å²) in [6, 6.07) is 13.9. The Hall–Kier alpha value is -8.83. The number of rotatable bonds is 9. The second kappa shape index (κ2) is 32.1. The third-order valence-corrected chi connectivity index (χ3v) is 17.1. The lowest BCUT2D eigenvalue weighted by molar-refractivity contribution is -0.165. The molecule has 3 aromatic carbocycles. The van der Waals surface area contributed by atoms with Gasteiger partial charge in [0, 0.05) is 64.9 Å². The van der Waals surface area contributed by atoms with Crippen LogP contribution in [-0.4, -0.2) is 187 Å². The fraction of sp³-hybridized carbons (Fsp3) is 0.551. The van der Waals surface area contributed by atoms with E-state index in [0.29, 0.717) is 54.0 Å². The van der Waals surface area contributed by atoms with E-state index < -0.39 is 126 Å². The summed E-state index contributed by atoms with van der Waals surface area (Å²) in [4.78, 5) is 164. The molecule has 24 nitrogen and oxygen atoms in total. The van der Waals surface area contributed by atoms with Crippen molar-refractivity contribution in [1.82, 2.24) is 35.1 Å². The molecule has 3 fully saturated rings. The van der Waals surface area contributed by atoms with Crippen LogP contribution in [-0.2, 0) is 68.6 Å². The molecule has 4 heterocycles. The number of esters is 2. The van der Waals surface area contributed by atoms with Gasteiger partial charge in [-0.2, -0.15) is 0 Å². The second-order valence-electron chi connectivity index (χ2n) is 26.4. The fourth-order valence-electron chi connectivity index (χ4n) is 12.1. The Bertz CT molecular complexity index is 3250. The van der Waals surface area contributed by atoms with Crippen molar-refractivity contribution in [3.63, 3.8) is 0 Å². The summed E-state index contributed by atoms with van der Waals surface area (Å²) in [5.74, 6) is -5.83. The number of nitrogens with one attached hydrogen (secondary N) is 3. The number of amides is 8. The molecule has 3 N–H and O–H groups in total. The van der Waals surface area contributed by atoms with Gasteiger partial charge in [-0.05, 0) is 146 Å². The van der Waals surface area contributed by atoms with Crippen LogP contribution in [0.1, 0.15) is 148 Å². The monoisotopic (exact) mass is 1290 g/mol. The molecule has 504 valence electrons. The quantitative estimate of drug-likeness (QED) is 0.113. The number of benzene rings is 3. The summed E-state index contributed by atoms with van der Waals surface area (Å²) >= 11 is 0. The van der Waals surface area contributed by atoms with Crippen LogP contribution in [0.25, 0.3) is 0 Å². The van der Waals surface area contributed by atoms with Crippen molar-refractivity contribution in [2.24, 2.45) is 11.3 Å². The first-order chi connectivity index (χ1) is 44.1. The van der Waals surface area contributed by atoms with E-state index in [-0.39, 0.29) is 82.9 Å². The SMILES string of the molecule is COc1ccc(CC[C@H]2OC(=O)[C@@H]3CCCCN3C(=O)C(=O)C(C)(C)COC(=O)/C=C/CCN(C)C(=O)[C@H](CC(C)C)N(C)C(=O)[C@H]3CCCN3C(=O)[C@H]3C[C@@H](NC(=O)OC(C)(C)C)CN3C(=O)C(c3ccccc3)NC(=O)CCC(=O)Nc3cccc2c3)cc1OC. The van der Waals surface area contributed by atoms with E-state index in [1.54, 1.807) is 94.5 Å². The highest BCUT2D eigenvalue weighted by Crippen LogP contribution is 2.34. The zero-order valence-electron chi connectivity index (χ0n) is 55.5. The Labute approximate surface area is 544 Å². The molecule has 2 bridgehead atoms. The van der Waals surface area contributed by atoms with Gasteiger partial charge in [0.25, 0.3) is 11.8 Å². The molecule has 7 rings (SSSR count). The zero-order chi connectivity index (χ0) is 67.9. The molecular formula is C69H92N8O16. The molecule has 4 aliphatic rings. The summed E-state index contributed by atoms with van der Waals surface area (Å²) in [6.45, 7) is 11.6. The van der Waals surface area contributed by atoms with E-state index in [1.165, 1.54) is 65.7 Å². The molecule has 7 atom stereocenters. The van der Waals surface area contributed by atoms with E-state index in [1.807, 2.05) is 19.9 Å². The predicted octanol–water partition coefficient (Wildman–Crippen LogP) is 6.79. The lowest BCUT2D eigenvalue weighted by Crippen LogP contribution is -2.57. The number of fused-ring (bicyclic) bond motifs is 5. The van der Waals surface area contributed by atoms with Crippen molar-refractivity contribution in [3.8, 4) is 11.5 Å². The number of carbonyl (C=O) groups excluding carboxylic acids is 11. The van der Waals surface area contributed by atoms with Gasteiger partial charge in [0.2, 0.25) is 35.3 Å². The molecule has 93 heavy (non-hydrogen) atoms. The average Bonchev–Trinajstić information content (AvgIpc) is 1.72. The number of Topliss-reactive ketones (excluding diaryl/α,β-unsaturated/α-hetero) is 1. The highest BCUT2D eigenvalue weighted by molar-refractivity contribution is 6.38. The first-order valence-corrected chi connectivity index (χ1v) is 32.1. The van der Waals surface area contributed by atoms with Crippen molar-refractivity contribution in [1.29, 1.82) is 0 Å². The maximum absolute atomic E-state index is 15.3. The minimum Gasteiger partial charge on any atom is -0.493 e. The molecule has 0 saturated carbocycles. The molecule has 4 aliphatic heterocycles. The van der Waals surface area contributed by atoms with Crippen LogP contribution >= 0.6 is 0 Å². The molecule has 0 spiro atoms. The third kappa shape index (κ3) is 19.1. The van der Waals surface area contributed by atoms with Crippen LogP contribution < -0.4 is 25.4 Å². The van der Waals surface area contributed by atoms with Crippen molar-refractivity contribution in [3.05, 3.63) is 102 Å². The van der Waals surface area contributed by atoms with Crippen LogP contribution in [0.4, 0.5) is 10.5 Å². The van der Waals surface area contributed by atoms with E-state index in [9.17, 15) is 43.2 Å². The number of ketones is 1. The first kappa shape index (κ1) is 71.6. The summed E-state index contributed by atoms with van der Waals surface area (Å²) in [6.07, 6.45) is 3.09. The van der Waals surface area contributed by atoms with Gasteiger partial charge in [0.1, 0.15) is 48.5 Å². The number of piperidine rings is 1. The molecule has 0 aromatic heterocycles. The normalized spacial score (nSPS) is 24.5. The van der Waals surface area contributed by atoms with Crippen molar-refractivity contribution < 1.29 is 76.4 Å². The number of nitrogens with zero attached hydrogens (tertiary/aromatic N) is 5. The Morgan fingerprint density at radius 2 is 1.42 bits per heavy atom. The van der Waals surface area contributed by atoms with E-state index >= 15 is 9.59 Å². The highest BCUT2D eigenvalue weighted by Gasteiger charge is 2.49. The topological polar surface area (TPSA) is 286 Å². The van der Waals surface area contributed by atoms with Crippen molar-refractivity contribution in [2.45, 2.75) is 173 Å². The minimum absolute atomic E-state index is 0.0566. The number of methoxy groups -OCH3 is 2. The lowest BCUT2D eigenvalue weighted by Gasteiger charge is -2.36. The number of cyclic esters (lactones) is 2. The first-order valence-electron chi connectivity index (χ1n) is 32.1. The smallest absolute Gasteiger partial charge is 0.407 e. The second-order valence-corrected chi connectivity index (χ2v) is 26.4. The zero-order valence-corrected chi connectivity index (χ0v) is 55.5. The van der Waals surface area contributed by atoms with Gasteiger partial charge >= 0.3 is 18.0 Å². The van der Waals surface area contributed by atoms with E-state index in [0.717, 1.165) is 11.6 Å². The van der Waals surface area contributed by atoms with E-state index in [2.05, 4.69) is 16.0 Å². The predicted molar refractivity (Wildman–Crippen MR) is 343 cm³/mol. The molecule has 24 heteroatoms. The van der Waals surface area contributed by atoms with Gasteiger partial charge in [0.15, 0.2) is 11.5 Å². The van der Waals surface area contributed by atoms with Crippen LogP contribution in [0, 0.1) is 11.3 Å². The number of ether oxygens (including phenoxy) is 5. The van der Waals surface area contributed by atoms with Crippen molar-refractivity contribution >= 4 is 70.9 Å². The summed E-state index contributed by atoms with van der Waals surface area (Å²) in [5, 5.41) is 8.47. The van der Waals surface area contributed by atoms with Gasteiger partial charge in [0.05, 0.1) is 25.7 Å². The van der Waals surface area contributed by atoms with Gasteiger partial charge < -0.3 is 64.1 Å². The van der Waals surface area contributed by atoms with Gasteiger partial charge in [-0.25, -0.2) is 14.4 Å². The number of anilines is 1. The number of alkyl carbamates (subject to hydrolysis) is 1. The van der Waals surface area contributed by atoms with Crippen LogP contribution in [0.15, 0.2) is 84.9 Å². The Kier molecular flexibility index (Phi) is 24.8. The minimum atomic E-state index is -1.52. The number of hydrogen-bond acceptors (Lipinski definition) is 16. The van der Waals surface area contributed by atoms with Gasteiger partial charge in [-0.1, -0.05) is 68.5 Å². The largest absolute Gasteiger partial charge is 0.493 e. The third-order valence-electron chi connectivity index (χ3n) is 17.1. The van der Waals surface area contributed by atoms with Crippen molar-refractivity contribution in [2.75, 3.05) is 66.4 Å². The molecule has 0 aliphatic carbocycles. The lowest BCUT2D eigenvalue weighted by atomic mass is 9.87. The standard InChI is InChI=1S/C69H92N8O16/c1-43(2)37-51-61(82)73(8)34-17-16-27-58(80)91-42-69(6,7)60(81)65(86)76-35-18-15-25-50(76)66(87)92-53(30-28-44-29-31-54(89-10)55(38-44)90-11)46-23-19-24-47(39-46)70-56(78)32-33-57(79)72-59(45-21-13-12-14-22-45)64(85)77-41-48(71-67(88)93-68(3,4)5)40-52(77)63(84)75-36-20-26-49(75)62(83)74(51)9/h12-14,16,19,21-24,27,29,31,38-39,43,48-53,59H,15,17-18,20,25-26,28,30,32-37,40-42H2,1-11H3,(H,70,78)(H,71,88)(H,72,79)/b27-16+/t48-,49-,50+,51+,52-,53-,59?/m1/s1. The van der Waals surface area contributed by atoms with Gasteiger partial charge in [-0.3, -0.25) is 38.4 Å². The van der Waals surface area contributed by atoms with Crippen LogP contribution in [0.3, 0.4) is 0 Å². The number of likely N-dealkylation sites (N-methyl/N-ethyl adjacent to an activating group) is 2. The summed E-state index contributed by atoms with van der Waals surface area (Å²) in [5.41, 5.74) is -0.449. The Balaban J connectivity index is 1.21. The molecule has 1 unspecified atom stereocenters. The molecule has 3 saturated heterocycles. The fourth-order valence-corrected chi connectivity index (χ4v) is 12.1. The summed E-state index contributed by atoms with van der Waals surface area (Å²) < 4.78 is 28.4. The number of hydrogen-bond donors (Lipinski definition) is 3. The van der Waals surface area contributed by atoms with Crippen LogP contribution in [0.5, 0.6) is 11.5 Å². The van der Waals surface area contributed by atoms with Gasteiger partial charge in [-0.15, -0.1) is 0 Å². The summed E-state index contributed by atoms with van der Waals surface area (Å²) in [7, 11) is 6.14. The Morgan fingerprint density at radius 1 is 0.731 bits per heavy atom. The molecule has 3 aromatic rings. The van der Waals surface area contributed by atoms with Crippen LogP contribution in [0.2, 0.25) is 0 Å². The maximum atomic E-state index is 15.3.